The topological polar surface area (TPSA) is 52.9 Å². The smallest absolute Gasteiger partial charge is 0.267 e. The second-order valence-corrected chi connectivity index (χ2v) is 4.45. The Hall–Kier alpha value is -2.57. The molecule has 98 valence electrons. The van der Waals surface area contributed by atoms with Crippen molar-refractivity contribution in [3.05, 3.63) is 70.8 Å². The Bertz CT molecular complexity index is 670. The highest BCUT2D eigenvalue weighted by atomic mass is 35.5. The molecule has 0 aliphatic carbocycles. The standard InChI is InChI=1S/C16H11ClN2O/c17-15(10-12-4-2-1-3-5-12)16(20)19-14-8-6-13(11-18)7-9-14/h1-10H,(H,19,20)/b15-10-. The predicted octanol–water partition coefficient (Wildman–Crippen LogP) is 3.78. The van der Waals surface area contributed by atoms with Gasteiger partial charge in [-0.15, -0.1) is 0 Å². The summed E-state index contributed by atoms with van der Waals surface area (Å²) in [5.41, 5.74) is 1.98. The van der Waals surface area contributed by atoms with Crippen molar-refractivity contribution in [2.75, 3.05) is 5.32 Å². The van der Waals surface area contributed by atoms with Crippen LogP contribution in [0.4, 0.5) is 5.69 Å². The first kappa shape index (κ1) is 13.9. The summed E-state index contributed by atoms with van der Waals surface area (Å²) in [7, 11) is 0. The van der Waals surface area contributed by atoms with Gasteiger partial charge in [-0.05, 0) is 35.9 Å². The van der Waals surface area contributed by atoms with Crippen molar-refractivity contribution in [3.8, 4) is 6.07 Å². The zero-order valence-electron chi connectivity index (χ0n) is 10.5. The Labute approximate surface area is 122 Å². The van der Waals surface area contributed by atoms with Gasteiger partial charge in [-0.3, -0.25) is 4.79 Å². The molecule has 0 radical (unpaired) electrons. The number of hydrogen-bond donors (Lipinski definition) is 1. The quantitative estimate of drug-likeness (QED) is 0.871. The lowest BCUT2D eigenvalue weighted by Gasteiger charge is -2.04. The molecule has 0 atom stereocenters. The lowest BCUT2D eigenvalue weighted by molar-refractivity contribution is -0.112. The zero-order valence-corrected chi connectivity index (χ0v) is 11.3. The summed E-state index contributed by atoms with van der Waals surface area (Å²) in [6.07, 6.45) is 1.60. The minimum Gasteiger partial charge on any atom is -0.321 e. The van der Waals surface area contributed by atoms with Gasteiger partial charge < -0.3 is 5.32 Å². The summed E-state index contributed by atoms with van der Waals surface area (Å²) in [6.45, 7) is 0. The first-order chi connectivity index (χ1) is 9.69. The van der Waals surface area contributed by atoms with Crippen LogP contribution in [0.25, 0.3) is 6.08 Å². The molecule has 1 N–H and O–H groups in total. The fourth-order valence-corrected chi connectivity index (χ4v) is 1.75. The van der Waals surface area contributed by atoms with E-state index < -0.39 is 0 Å². The molecule has 3 nitrogen and oxygen atoms in total. The number of carbonyl (C=O) groups excluding carboxylic acids is 1. The molecule has 2 aromatic carbocycles. The van der Waals surface area contributed by atoms with E-state index in [4.69, 9.17) is 16.9 Å². The van der Waals surface area contributed by atoms with Crippen LogP contribution in [-0.2, 0) is 4.79 Å². The number of hydrogen-bond acceptors (Lipinski definition) is 2. The summed E-state index contributed by atoms with van der Waals surface area (Å²) >= 11 is 5.97. The molecule has 0 heterocycles. The molecule has 0 spiro atoms. The molecule has 0 unspecified atom stereocenters. The number of amides is 1. The molecule has 0 aliphatic rings. The molecule has 4 heteroatoms. The van der Waals surface area contributed by atoms with Crippen molar-refractivity contribution in [2.45, 2.75) is 0 Å². The van der Waals surface area contributed by atoms with Crippen LogP contribution >= 0.6 is 11.6 Å². The highest BCUT2D eigenvalue weighted by Crippen LogP contribution is 2.14. The molecule has 0 fully saturated rings. The minimum atomic E-state index is -0.389. The number of benzene rings is 2. The molecule has 1 amide bonds. The summed E-state index contributed by atoms with van der Waals surface area (Å²) in [4.78, 5) is 11.9. The van der Waals surface area contributed by atoms with Crippen molar-refractivity contribution in [1.82, 2.24) is 0 Å². The number of nitriles is 1. The van der Waals surface area contributed by atoms with Crippen LogP contribution in [0.5, 0.6) is 0 Å². The maximum Gasteiger partial charge on any atom is 0.267 e. The van der Waals surface area contributed by atoms with Gasteiger partial charge in [0, 0.05) is 5.69 Å². The van der Waals surface area contributed by atoms with Gasteiger partial charge >= 0.3 is 0 Å². The molecule has 0 bridgehead atoms. The second-order valence-electron chi connectivity index (χ2n) is 4.05. The van der Waals surface area contributed by atoms with Gasteiger partial charge in [0.15, 0.2) is 0 Å². The molecule has 0 saturated carbocycles. The fourth-order valence-electron chi connectivity index (χ4n) is 1.58. The third kappa shape index (κ3) is 3.71. The van der Waals surface area contributed by atoms with Crippen LogP contribution in [-0.4, -0.2) is 5.91 Å². The van der Waals surface area contributed by atoms with Crippen molar-refractivity contribution < 1.29 is 4.79 Å². The Morgan fingerprint density at radius 2 is 1.75 bits per heavy atom. The molecule has 0 saturated heterocycles. The van der Waals surface area contributed by atoms with Crippen LogP contribution in [0.15, 0.2) is 59.6 Å². The third-order valence-electron chi connectivity index (χ3n) is 2.58. The van der Waals surface area contributed by atoms with Gasteiger partial charge in [0.1, 0.15) is 5.03 Å². The van der Waals surface area contributed by atoms with Gasteiger partial charge in [-0.25, -0.2) is 0 Å². The molecule has 2 aromatic rings. The van der Waals surface area contributed by atoms with Gasteiger partial charge in [0.05, 0.1) is 11.6 Å². The van der Waals surface area contributed by atoms with Crippen molar-refractivity contribution in [3.63, 3.8) is 0 Å². The number of anilines is 1. The Morgan fingerprint density at radius 1 is 1.10 bits per heavy atom. The van der Waals surface area contributed by atoms with E-state index in [0.717, 1.165) is 5.56 Å². The molecule has 0 aromatic heterocycles. The molecule has 0 aliphatic heterocycles. The maximum atomic E-state index is 11.9. The predicted molar refractivity (Wildman–Crippen MR) is 80.1 cm³/mol. The average molecular weight is 283 g/mol. The summed E-state index contributed by atoms with van der Waals surface area (Å²) in [5, 5.41) is 11.5. The number of rotatable bonds is 3. The highest BCUT2D eigenvalue weighted by molar-refractivity contribution is 6.45. The summed E-state index contributed by atoms with van der Waals surface area (Å²) in [5.74, 6) is -0.389. The third-order valence-corrected chi connectivity index (χ3v) is 2.86. The number of nitrogens with zero attached hydrogens (tertiary/aromatic N) is 1. The van der Waals surface area contributed by atoms with Crippen LogP contribution in [0.2, 0.25) is 0 Å². The van der Waals surface area contributed by atoms with Gasteiger partial charge in [-0.1, -0.05) is 41.9 Å². The van der Waals surface area contributed by atoms with E-state index in [0.29, 0.717) is 11.3 Å². The van der Waals surface area contributed by atoms with Gasteiger partial charge in [0.25, 0.3) is 5.91 Å². The maximum absolute atomic E-state index is 11.9. The second kappa shape index (κ2) is 6.55. The SMILES string of the molecule is N#Cc1ccc(NC(=O)/C(Cl)=C/c2ccccc2)cc1. The van der Waals surface area contributed by atoms with E-state index in [-0.39, 0.29) is 10.9 Å². The highest BCUT2D eigenvalue weighted by Gasteiger charge is 2.07. The normalized spacial score (nSPS) is 10.7. The lowest BCUT2D eigenvalue weighted by atomic mass is 10.2. The molecule has 2 rings (SSSR count). The van der Waals surface area contributed by atoms with Crippen LogP contribution in [0.3, 0.4) is 0 Å². The van der Waals surface area contributed by atoms with E-state index in [1.54, 1.807) is 30.3 Å². The Morgan fingerprint density at radius 3 is 2.35 bits per heavy atom. The van der Waals surface area contributed by atoms with Gasteiger partial charge in [-0.2, -0.15) is 5.26 Å². The Balaban J connectivity index is 2.08. The number of halogens is 1. The average Bonchev–Trinajstić information content (AvgIpc) is 2.49. The monoisotopic (exact) mass is 282 g/mol. The summed E-state index contributed by atoms with van der Waals surface area (Å²) in [6, 6.07) is 17.9. The van der Waals surface area contributed by atoms with E-state index in [1.807, 2.05) is 36.4 Å². The first-order valence-corrected chi connectivity index (χ1v) is 6.30. The van der Waals surface area contributed by atoms with Crippen molar-refractivity contribution in [2.24, 2.45) is 0 Å². The van der Waals surface area contributed by atoms with Crippen LogP contribution in [0.1, 0.15) is 11.1 Å². The zero-order chi connectivity index (χ0) is 14.4. The van der Waals surface area contributed by atoms with E-state index >= 15 is 0 Å². The molecular weight excluding hydrogens is 272 g/mol. The number of carbonyl (C=O) groups is 1. The molecule has 20 heavy (non-hydrogen) atoms. The van der Waals surface area contributed by atoms with E-state index in [1.165, 1.54) is 0 Å². The molecular formula is C16H11ClN2O. The van der Waals surface area contributed by atoms with E-state index in [2.05, 4.69) is 5.32 Å². The van der Waals surface area contributed by atoms with E-state index in [9.17, 15) is 4.79 Å². The van der Waals surface area contributed by atoms with Crippen LogP contribution < -0.4 is 5.32 Å². The number of nitrogens with one attached hydrogen (secondary N) is 1. The summed E-state index contributed by atoms with van der Waals surface area (Å²) < 4.78 is 0. The van der Waals surface area contributed by atoms with Crippen LogP contribution in [0, 0.1) is 11.3 Å². The fraction of sp³-hybridized carbons (Fsp3) is 0. The Kier molecular flexibility index (Phi) is 4.54. The largest absolute Gasteiger partial charge is 0.321 e. The van der Waals surface area contributed by atoms with Crippen molar-refractivity contribution in [1.29, 1.82) is 5.26 Å². The van der Waals surface area contributed by atoms with Crippen molar-refractivity contribution >= 4 is 29.3 Å². The minimum absolute atomic E-state index is 0.0977. The first-order valence-electron chi connectivity index (χ1n) is 5.93. The lowest BCUT2D eigenvalue weighted by Crippen LogP contribution is -2.11. The van der Waals surface area contributed by atoms with Gasteiger partial charge in [0.2, 0.25) is 0 Å².